The van der Waals surface area contributed by atoms with Crippen molar-refractivity contribution in [1.29, 1.82) is 0 Å². The zero-order chi connectivity index (χ0) is 18.8. The number of piperazine rings is 1. The number of carbonyl (C=O) groups excluding carboxylic acids is 1. The standard InChI is InChI=1S/C17H26ClN3O3S/c1-5-15(17(22)20-10-8-19(3)9-11-20)21(25(4,23)24)16-12-14(18)7-6-13(16)2/h6-7,12,15H,5,8-11H2,1-4H3. The highest BCUT2D eigenvalue weighted by atomic mass is 35.5. The molecule has 1 fully saturated rings. The van der Waals surface area contributed by atoms with Crippen LogP contribution in [0.1, 0.15) is 18.9 Å². The molecule has 0 aromatic heterocycles. The molecule has 140 valence electrons. The van der Waals surface area contributed by atoms with Crippen LogP contribution in [0.3, 0.4) is 0 Å². The smallest absolute Gasteiger partial charge is 0.246 e. The Morgan fingerprint density at radius 3 is 2.40 bits per heavy atom. The van der Waals surface area contributed by atoms with Gasteiger partial charge >= 0.3 is 0 Å². The highest BCUT2D eigenvalue weighted by molar-refractivity contribution is 7.92. The van der Waals surface area contributed by atoms with Crippen molar-refractivity contribution < 1.29 is 13.2 Å². The summed E-state index contributed by atoms with van der Waals surface area (Å²) in [4.78, 5) is 17.0. The Bertz CT molecular complexity index is 731. The van der Waals surface area contributed by atoms with Crippen molar-refractivity contribution in [2.24, 2.45) is 0 Å². The number of halogens is 1. The van der Waals surface area contributed by atoms with Gasteiger partial charge in [0.1, 0.15) is 6.04 Å². The van der Waals surface area contributed by atoms with E-state index in [1.165, 1.54) is 4.31 Å². The maximum absolute atomic E-state index is 13.1. The van der Waals surface area contributed by atoms with Crippen molar-refractivity contribution in [3.05, 3.63) is 28.8 Å². The summed E-state index contributed by atoms with van der Waals surface area (Å²) in [5.74, 6) is -0.152. The minimum Gasteiger partial charge on any atom is -0.338 e. The number of nitrogens with zero attached hydrogens (tertiary/aromatic N) is 3. The molecule has 0 aliphatic carbocycles. The van der Waals surface area contributed by atoms with Crippen molar-refractivity contribution >= 4 is 33.2 Å². The van der Waals surface area contributed by atoms with Gasteiger partial charge in [0, 0.05) is 31.2 Å². The van der Waals surface area contributed by atoms with Gasteiger partial charge in [0.05, 0.1) is 11.9 Å². The quantitative estimate of drug-likeness (QED) is 0.775. The van der Waals surface area contributed by atoms with E-state index in [-0.39, 0.29) is 5.91 Å². The van der Waals surface area contributed by atoms with Crippen LogP contribution in [0, 0.1) is 6.92 Å². The number of sulfonamides is 1. The van der Waals surface area contributed by atoms with Crippen molar-refractivity contribution in [2.45, 2.75) is 26.3 Å². The molecular formula is C17H26ClN3O3S. The van der Waals surface area contributed by atoms with E-state index in [0.29, 0.717) is 30.2 Å². The highest BCUT2D eigenvalue weighted by Gasteiger charge is 2.35. The second-order valence-corrected chi connectivity index (χ2v) is 8.84. The fourth-order valence-corrected chi connectivity index (χ4v) is 4.50. The van der Waals surface area contributed by atoms with Crippen LogP contribution in [0.2, 0.25) is 5.02 Å². The second-order valence-electron chi connectivity index (χ2n) is 6.54. The Hall–Kier alpha value is -1.31. The van der Waals surface area contributed by atoms with Crippen molar-refractivity contribution in [3.8, 4) is 0 Å². The van der Waals surface area contributed by atoms with E-state index in [0.717, 1.165) is 24.9 Å². The summed E-state index contributed by atoms with van der Waals surface area (Å²) in [5.41, 5.74) is 1.23. The zero-order valence-electron chi connectivity index (χ0n) is 15.2. The monoisotopic (exact) mass is 387 g/mol. The number of aryl methyl sites for hydroxylation is 1. The van der Waals surface area contributed by atoms with E-state index < -0.39 is 16.1 Å². The third kappa shape index (κ3) is 4.65. The summed E-state index contributed by atoms with van der Waals surface area (Å²) < 4.78 is 26.3. The summed E-state index contributed by atoms with van der Waals surface area (Å²) in [6.45, 7) is 6.44. The molecular weight excluding hydrogens is 362 g/mol. The molecule has 25 heavy (non-hydrogen) atoms. The van der Waals surface area contributed by atoms with Crippen LogP contribution < -0.4 is 4.31 Å². The van der Waals surface area contributed by atoms with Gasteiger partial charge < -0.3 is 9.80 Å². The van der Waals surface area contributed by atoms with Gasteiger partial charge in [0.15, 0.2) is 0 Å². The van der Waals surface area contributed by atoms with Gasteiger partial charge in [-0.05, 0) is 38.1 Å². The van der Waals surface area contributed by atoms with Crippen molar-refractivity contribution in [3.63, 3.8) is 0 Å². The molecule has 1 amide bonds. The van der Waals surface area contributed by atoms with E-state index >= 15 is 0 Å². The lowest BCUT2D eigenvalue weighted by Gasteiger charge is -2.38. The fourth-order valence-electron chi connectivity index (χ4n) is 3.08. The van der Waals surface area contributed by atoms with Gasteiger partial charge in [-0.3, -0.25) is 9.10 Å². The molecule has 1 aromatic carbocycles. The number of anilines is 1. The number of amides is 1. The number of benzene rings is 1. The topological polar surface area (TPSA) is 60.9 Å². The first-order valence-electron chi connectivity index (χ1n) is 8.38. The van der Waals surface area contributed by atoms with E-state index in [1.54, 1.807) is 23.1 Å². The lowest BCUT2D eigenvalue weighted by molar-refractivity contribution is -0.134. The average molecular weight is 388 g/mol. The lowest BCUT2D eigenvalue weighted by atomic mass is 10.1. The summed E-state index contributed by atoms with van der Waals surface area (Å²) in [5, 5.41) is 0.441. The Labute approximate surface area is 155 Å². The molecule has 1 aromatic rings. The third-order valence-electron chi connectivity index (χ3n) is 4.54. The lowest BCUT2D eigenvalue weighted by Crippen LogP contribution is -2.55. The third-order valence-corrected chi connectivity index (χ3v) is 5.94. The number of rotatable bonds is 5. The predicted octanol–water partition coefficient (Wildman–Crippen LogP) is 1.97. The highest BCUT2D eigenvalue weighted by Crippen LogP contribution is 2.29. The fraction of sp³-hybridized carbons (Fsp3) is 0.588. The van der Waals surface area contributed by atoms with Gasteiger partial charge in [-0.25, -0.2) is 8.42 Å². The molecule has 1 atom stereocenters. The Kier molecular flexibility index (Phi) is 6.35. The van der Waals surface area contributed by atoms with E-state index in [9.17, 15) is 13.2 Å². The van der Waals surface area contributed by atoms with Crippen LogP contribution in [-0.2, 0) is 14.8 Å². The van der Waals surface area contributed by atoms with Crippen LogP contribution >= 0.6 is 11.6 Å². The van der Waals surface area contributed by atoms with Gasteiger partial charge in [0.2, 0.25) is 15.9 Å². The molecule has 0 N–H and O–H groups in total. The van der Waals surface area contributed by atoms with Gasteiger partial charge in [-0.1, -0.05) is 24.6 Å². The molecule has 0 bridgehead atoms. The maximum Gasteiger partial charge on any atom is 0.246 e. The second kappa shape index (κ2) is 7.93. The van der Waals surface area contributed by atoms with Crippen LogP contribution in [0.25, 0.3) is 0 Å². The van der Waals surface area contributed by atoms with Crippen LogP contribution in [0.4, 0.5) is 5.69 Å². The van der Waals surface area contributed by atoms with Crippen LogP contribution in [-0.4, -0.2) is 69.6 Å². The van der Waals surface area contributed by atoms with Crippen LogP contribution in [0.15, 0.2) is 18.2 Å². The van der Waals surface area contributed by atoms with E-state index in [2.05, 4.69) is 4.90 Å². The molecule has 1 unspecified atom stereocenters. The molecule has 0 saturated carbocycles. The molecule has 1 heterocycles. The molecule has 2 rings (SSSR count). The summed E-state index contributed by atoms with van der Waals surface area (Å²) in [7, 11) is -1.64. The first-order chi connectivity index (χ1) is 11.6. The number of carbonyl (C=O) groups is 1. The average Bonchev–Trinajstić information content (AvgIpc) is 2.54. The molecule has 0 spiro atoms. The van der Waals surface area contributed by atoms with E-state index in [1.807, 2.05) is 20.9 Å². The molecule has 8 heteroatoms. The van der Waals surface area contributed by atoms with Gasteiger partial charge in [-0.15, -0.1) is 0 Å². The number of hydrogen-bond donors (Lipinski definition) is 0. The zero-order valence-corrected chi connectivity index (χ0v) is 16.8. The number of likely N-dealkylation sites (N-methyl/N-ethyl adjacent to an activating group) is 1. The molecule has 6 nitrogen and oxygen atoms in total. The maximum atomic E-state index is 13.1. The Balaban J connectivity index is 2.41. The molecule has 1 aliphatic rings. The molecule has 0 radical (unpaired) electrons. The largest absolute Gasteiger partial charge is 0.338 e. The minimum atomic E-state index is -3.65. The predicted molar refractivity (Wildman–Crippen MR) is 102 cm³/mol. The van der Waals surface area contributed by atoms with Crippen molar-refractivity contribution in [1.82, 2.24) is 9.80 Å². The van der Waals surface area contributed by atoms with Gasteiger partial charge in [0.25, 0.3) is 0 Å². The Morgan fingerprint density at radius 2 is 1.88 bits per heavy atom. The normalized spacial score (nSPS) is 17.4. The molecule has 1 aliphatic heterocycles. The summed E-state index contributed by atoms with van der Waals surface area (Å²) >= 11 is 6.08. The summed E-state index contributed by atoms with van der Waals surface area (Å²) in [6.07, 6.45) is 1.53. The van der Waals surface area contributed by atoms with Crippen LogP contribution in [0.5, 0.6) is 0 Å². The number of hydrogen-bond acceptors (Lipinski definition) is 4. The van der Waals surface area contributed by atoms with Crippen molar-refractivity contribution in [2.75, 3.05) is 43.8 Å². The SMILES string of the molecule is CCC(C(=O)N1CCN(C)CC1)N(c1cc(Cl)ccc1C)S(C)(=O)=O. The minimum absolute atomic E-state index is 0.152. The molecule has 1 saturated heterocycles. The summed E-state index contributed by atoms with van der Waals surface area (Å²) in [6, 6.07) is 4.32. The first-order valence-corrected chi connectivity index (χ1v) is 10.6. The Morgan fingerprint density at radius 1 is 1.28 bits per heavy atom. The van der Waals surface area contributed by atoms with Gasteiger partial charge in [-0.2, -0.15) is 0 Å². The van der Waals surface area contributed by atoms with E-state index in [4.69, 9.17) is 11.6 Å². The first kappa shape index (κ1) is 20.0.